The Morgan fingerprint density at radius 1 is 1.33 bits per heavy atom. The lowest BCUT2D eigenvalue weighted by atomic mass is 9.73. The van der Waals surface area contributed by atoms with Gasteiger partial charge in [0.2, 0.25) is 0 Å². The van der Waals surface area contributed by atoms with E-state index in [9.17, 15) is 9.50 Å². The zero-order valence-electron chi connectivity index (χ0n) is 12.2. The lowest BCUT2D eigenvalue weighted by Crippen LogP contribution is -2.48. The second-order valence-corrected chi connectivity index (χ2v) is 6.23. The molecule has 0 radical (unpaired) electrons. The van der Waals surface area contributed by atoms with Crippen molar-refractivity contribution in [3.63, 3.8) is 0 Å². The summed E-state index contributed by atoms with van der Waals surface area (Å²) in [5.74, 6) is 0.0935. The summed E-state index contributed by atoms with van der Waals surface area (Å²) in [6.07, 6.45) is 4.90. The number of aliphatic hydroxyl groups is 1. The molecule has 1 unspecified atom stereocenters. The largest absolute Gasteiger partial charge is 0.388 e. The monoisotopic (exact) mass is 288 g/mol. The van der Waals surface area contributed by atoms with E-state index in [1.165, 1.54) is 6.07 Å². The molecule has 1 aliphatic carbocycles. The average molecular weight is 288 g/mol. The Morgan fingerprint density at radius 3 is 2.71 bits per heavy atom. The van der Waals surface area contributed by atoms with Gasteiger partial charge in [0.1, 0.15) is 5.82 Å². The third kappa shape index (κ3) is 2.65. The average Bonchev–Trinajstić information content (AvgIpc) is 2.47. The van der Waals surface area contributed by atoms with Gasteiger partial charge < -0.3 is 10.8 Å². The quantitative estimate of drug-likeness (QED) is 0.892. The fourth-order valence-corrected chi connectivity index (χ4v) is 3.38. The maximum absolute atomic E-state index is 13.5. The predicted octanol–water partition coefficient (Wildman–Crippen LogP) is 3.11. The molecule has 112 valence electrons. The van der Waals surface area contributed by atoms with Crippen LogP contribution in [0.5, 0.6) is 0 Å². The first-order valence-electron chi connectivity index (χ1n) is 7.52. The Bertz CT molecular complexity index is 648. The second-order valence-electron chi connectivity index (χ2n) is 6.23. The van der Waals surface area contributed by atoms with Crippen LogP contribution in [-0.4, -0.2) is 21.7 Å². The topological polar surface area (TPSA) is 59.1 Å². The van der Waals surface area contributed by atoms with E-state index in [-0.39, 0.29) is 11.9 Å². The fourth-order valence-electron chi connectivity index (χ4n) is 3.38. The number of halogens is 1. The maximum atomic E-state index is 13.5. The van der Waals surface area contributed by atoms with E-state index in [0.717, 1.165) is 29.3 Å². The van der Waals surface area contributed by atoms with Gasteiger partial charge in [-0.05, 0) is 68.4 Å². The summed E-state index contributed by atoms with van der Waals surface area (Å²) in [5.41, 5.74) is 7.08. The van der Waals surface area contributed by atoms with Gasteiger partial charge in [-0.1, -0.05) is 0 Å². The van der Waals surface area contributed by atoms with Crippen LogP contribution in [0.3, 0.4) is 0 Å². The summed E-state index contributed by atoms with van der Waals surface area (Å²) < 4.78 is 13.5. The molecule has 0 spiro atoms. The summed E-state index contributed by atoms with van der Waals surface area (Å²) in [6, 6.07) is 6.47. The molecule has 1 saturated carbocycles. The van der Waals surface area contributed by atoms with Crippen molar-refractivity contribution in [2.45, 2.75) is 50.2 Å². The second kappa shape index (κ2) is 5.35. The minimum Gasteiger partial charge on any atom is -0.388 e. The highest BCUT2D eigenvalue weighted by molar-refractivity contribution is 5.82. The molecule has 0 amide bonds. The molecule has 0 saturated heterocycles. The number of pyridine rings is 1. The number of nitrogens with zero attached hydrogens (tertiary/aromatic N) is 1. The lowest BCUT2D eigenvalue weighted by molar-refractivity contribution is -0.0188. The molecular formula is C17H21FN2O. The maximum Gasteiger partial charge on any atom is 0.123 e. The first kappa shape index (κ1) is 14.4. The number of nitrogens with two attached hydrogens (primary N) is 1. The van der Waals surface area contributed by atoms with Gasteiger partial charge in [-0.15, -0.1) is 0 Å². The normalized spacial score (nSPS) is 27.7. The number of hydrogen-bond acceptors (Lipinski definition) is 3. The summed E-state index contributed by atoms with van der Waals surface area (Å²) in [7, 11) is 0. The molecular weight excluding hydrogens is 267 g/mol. The van der Waals surface area contributed by atoms with E-state index in [4.69, 9.17) is 5.73 Å². The van der Waals surface area contributed by atoms with E-state index in [1.54, 1.807) is 18.3 Å². The summed E-state index contributed by atoms with van der Waals surface area (Å²) in [5, 5.41) is 11.4. The van der Waals surface area contributed by atoms with E-state index in [2.05, 4.69) is 4.98 Å². The van der Waals surface area contributed by atoms with E-state index in [0.29, 0.717) is 18.8 Å². The van der Waals surface area contributed by atoms with Crippen LogP contribution in [0.25, 0.3) is 10.9 Å². The van der Waals surface area contributed by atoms with Crippen molar-refractivity contribution in [2.75, 3.05) is 0 Å². The summed E-state index contributed by atoms with van der Waals surface area (Å²) in [4.78, 5) is 4.30. The molecule has 1 heterocycles. The number of aromatic nitrogens is 1. The lowest BCUT2D eigenvalue weighted by Gasteiger charge is -2.39. The van der Waals surface area contributed by atoms with Crippen molar-refractivity contribution < 1.29 is 9.50 Å². The Hall–Kier alpha value is -1.52. The van der Waals surface area contributed by atoms with Crippen molar-refractivity contribution >= 4 is 10.9 Å². The number of rotatable bonds is 2. The third-order valence-corrected chi connectivity index (χ3v) is 4.88. The van der Waals surface area contributed by atoms with Crippen LogP contribution >= 0.6 is 0 Å². The molecule has 1 aromatic carbocycles. The minimum absolute atomic E-state index is 0.218. The highest BCUT2D eigenvalue weighted by atomic mass is 19.1. The highest BCUT2D eigenvalue weighted by Crippen LogP contribution is 2.41. The van der Waals surface area contributed by atoms with Crippen molar-refractivity contribution in [1.29, 1.82) is 0 Å². The number of hydrogen-bond donors (Lipinski definition) is 2. The fraction of sp³-hybridized carbons (Fsp3) is 0.471. The predicted molar refractivity (Wildman–Crippen MR) is 81.5 cm³/mol. The van der Waals surface area contributed by atoms with E-state index in [1.807, 2.05) is 13.0 Å². The number of benzene rings is 1. The molecule has 3 N–H and O–H groups in total. The van der Waals surface area contributed by atoms with Crippen LogP contribution in [0.1, 0.15) is 44.1 Å². The van der Waals surface area contributed by atoms with Gasteiger partial charge in [0.05, 0.1) is 11.1 Å². The summed E-state index contributed by atoms with van der Waals surface area (Å²) in [6.45, 7) is 1.86. The molecule has 3 nitrogen and oxygen atoms in total. The van der Waals surface area contributed by atoms with Crippen LogP contribution < -0.4 is 5.73 Å². The van der Waals surface area contributed by atoms with Gasteiger partial charge in [0, 0.05) is 17.6 Å². The van der Waals surface area contributed by atoms with Gasteiger partial charge in [0.25, 0.3) is 0 Å². The molecule has 0 bridgehead atoms. The summed E-state index contributed by atoms with van der Waals surface area (Å²) >= 11 is 0. The van der Waals surface area contributed by atoms with Gasteiger partial charge in [-0.2, -0.15) is 0 Å². The van der Waals surface area contributed by atoms with Crippen molar-refractivity contribution in [3.8, 4) is 0 Å². The van der Waals surface area contributed by atoms with Crippen molar-refractivity contribution in [3.05, 3.63) is 41.8 Å². The van der Waals surface area contributed by atoms with Gasteiger partial charge in [-0.25, -0.2) is 4.39 Å². The smallest absolute Gasteiger partial charge is 0.123 e. The van der Waals surface area contributed by atoms with Gasteiger partial charge >= 0.3 is 0 Å². The molecule has 1 aromatic heterocycles. The molecule has 21 heavy (non-hydrogen) atoms. The van der Waals surface area contributed by atoms with Crippen LogP contribution in [0.4, 0.5) is 4.39 Å². The SMILES string of the molecule is CC(N)[C@]1(O)CC[C@H](c2ccnc3ccc(F)cc32)CC1. The van der Waals surface area contributed by atoms with Crippen molar-refractivity contribution in [1.82, 2.24) is 4.98 Å². The molecule has 4 heteroatoms. The molecule has 1 aliphatic rings. The zero-order chi connectivity index (χ0) is 15.0. The Morgan fingerprint density at radius 2 is 2.05 bits per heavy atom. The zero-order valence-corrected chi connectivity index (χ0v) is 12.2. The first-order valence-corrected chi connectivity index (χ1v) is 7.52. The Kier molecular flexibility index (Phi) is 3.68. The Balaban J connectivity index is 1.91. The van der Waals surface area contributed by atoms with Crippen LogP contribution in [0.2, 0.25) is 0 Å². The van der Waals surface area contributed by atoms with Gasteiger partial charge in [-0.3, -0.25) is 4.98 Å². The molecule has 0 aliphatic heterocycles. The standard InChI is InChI=1S/C17H21FN2O/c1-11(19)17(21)7-4-12(5-8-17)14-6-9-20-16-3-2-13(18)10-15(14)16/h2-3,6,9-12,21H,4-5,7-8,19H2,1H3/t11?,12-,17-. The van der Waals surface area contributed by atoms with E-state index < -0.39 is 5.60 Å². The molecule has 1 atom stereocenters. The molecule has 2 aromatic rings. The van der Waals surface area contributed by atoms with Crippen LogP contribution in [0.15, 0.2) is 30.5 Å². The minimum atomic E-state index is -0.759. The van der Waals surface area contributed by atoms with Crippen LogP contribution in [0, 0.1) is 5.82 Å². The molecule has 1 fully saturated rings. The number of fused-ring (bicyclic) bond motifs is 1. The third-order valence-electron chi connectivity index (χ3n) is 4.88. The Labute approximate surface area is 124 Å². The molecule has 3 rings (SSSR count). The van der Waals surface area contributed by atoms with Crippen molar-refractivity contribution in [2.24, 2.45) is 5.73 Å². The van der Waals surface area contributed by atoms with Crippen LogP contribution in [-0.2, 0) is 0 Å². The highest BCUT2D eigenvalue weighted by Gasteiger charge is 2.37. The van der Waals surface area contributed by atoms with E-state index >= 15 is 0 Å². The first-order chi connectivity index (χ1) is 9.99. The van der Waals surface area contributed by atoms with Gasteiger partial charge in [0.15, 0.2) is 0 Å².